The summed E-state index contributed by atoms with van der Waals surface area (Å²) in [4.78, 5) is 14.0. The number of hydrogen-bond donors (Lipinski definition) is 0. The fraction of sp³-hybridized carbons (Fsp3) is 0.118. The van der Waals surface area contributed by atoms with Gasteiger partial charge < -0.3 is 0 Å². The number of hydrogen-bond acceptors (Lipinski definition) is 3. The third-order valence-electron chi connectivity index (χ3n) is 3.37. The van der Waals surface area contributed by atoms with Crippen molar-refractivity contribution in [3.63, 3.8) is 0 Å². The smallest absolute Gasteiger partial charge is 0.165 e. The maximum absolute atomic E-state index is 12.5. The van der Waals surface area contributed by atoms with Gasteiger partial charge in [-0.1, -0.05) is 60.7 Å². The molecule has 1 aromatic heterocycles. The van der Waals surface area contributed by atoms with Gasteiger partial charge in [0.05, 0.1) is 12.4 Å². The van der Waals surface area contributed by atoms with Crippen molar-refractivity contribution in [1.29, 1.82) is 0 Å². The number of carbonyl (C=O) groups is 1. The van der Waals surface area contributed by atoms with Crippen LogP contribution in [-0.2, 0) is 0 Å². The van der Waals surface area contributed by atoms with Gasteiger partial charge in [-0.2, -0.15) is 15.0 Å². The van der Waals surface area contributed by atoms with Crippen LogP contribution in [0, 0.1) is 0 Å². The van der Waals surface area contributed by atoms with Gasteiger partial charge in [0.15, 0.2) is 5.78 Å². The molecule has 0 spiro atoms. The molecule has 104 valence electrons. The number of aromatic nitrogens is 3. The van der Waals surface area contributed by atoms with Crippen molar-refractivity contribution >= 4 is 5.78 Å². The standard InChI is InChI=1S/C17H15N3O/c21-17(15-9-5-2-6-10-15)13-16(20-18-11-12-19-20)14-7-3-1-4-8-14/h1-12,16H,13H2. The number of rotatable bonds is 5. The van der Waals surface area contributed by atoms with Gasteiger partial charge in [0.25, 0.3) is 0 Å². The van der Waals surface area contributed by atoms with E-state index in [2.05, 4.69) is 10.2 Å². The molecule has 4 nitrogen and oxygen atoms in total. The van der Waals surface area contributed by atoms with Gasteiger partial charge in [-0.05, 0) is 5.56 Å². The lowest BCUT2D eigenvalue weighted by molar-refractivity contribution is 0.0964. The minimum atomic E-state index is -0.186. The predicted octanol–water partition coefficient (Wildman–Crippen LogP) is 3.14. The minimum absolute atomic E-state index is 0.0850. The number of ketones is 1. The Labute approximate surface area is 123 Å². The maximum Gasteiger partial charge on any atom is 0.165 e. The molecule has 4 heteroatoms. The van der Waals surface area contributed by atoms with Crippen molar-refractivity contribution in [1.82, 2.24) is 15.0 Å². The van der Waals surface area contributed by atoms with Gasteiger partial charge in [-0.25, -0.2) is 0 Å². The van der Waals surface area contributed by atoms with E-state index < -0.39 is 0 Å². The van der Waals surface area contributed by atoms with E-state index in [1.807, 2.05) is 60.7 Å². The van der Waals surface area contributed by atoms with Gasteiger partial charge in [0.2, 0.25) is 0 Å². The molecular formula is C17H15N3O. The molecule has 2 aromatic carbocycles. The molecule has 1 heterocycles. The summed E-state index contributed by atoms with van der Waals surface area (Å²) in [6.45, 7) is 0. The summed E-state index contributed by atoms with van der Waals surface area (Å²) in [7, 11) is 0. The highest BCUT2D eigenvalue weighted by atomic mass is 16.1. The van der Waals surface area contributed by atoms with Crippen LogP contribution in [0.2, 0.25) is 0 Å². The van der Waals surface area contributed by atoms with Crippen molar-refractivity contribution in [2.24, 2.45) is 0 Å². The quantitative estimate of drug-likeness (QED) is 0.673. The topological polar surface area (TPSA) is 47.8 Å². The first-order chi connectivity index (χ1) is 10.3. The van der Waals surface area contributed by atoms with Gasteiger partial charge in [0.1, 0.15) is 6.04 Å². The van der Waals surface area contributed by atoms with E-state index in [4.69, 9.17) is 0 Å². The second kappa shape index (κ2) is 6.13. The minimum Gasteiger partial charge on any atom is -0.294 e. The Kier molecular flexibility index (Phi) is 3.87. The molecule has 0 aliphatic rings. The van der Waals surface area contributed by atoms with E-state index in [-0.39, 0.29) is 11.8 Å². The summed E-state index contributed by atoms with van der Waals surface area (Å²) in [5, 5.41) is 8.39. The van der Waals surface area contributed by atoms with Crippen molar-refractivity contribution in [2.75, 3.05) is 0 Å². The zero-order valence-electron chi connectivity index (χ0n) is 11.5. The van der Waals surface area contributed by atoms with Crippen LogP contribution in [0.5, 0.6) is 0 Å². The molecule has 0 fully saturated rings. The van der Waals surface area contributed by atoms with Crippen LogP contribution in [0.3, 0.4) is 0 Å². The highest BCUT2D eigenvalue weighted by Crippen LogP contribution is 2.22. The van der Waals surface area contributed by atoms with Crippen LogP contribution in [-0.4, -0.2) is 20.8 Å². The second-order valence-corrected chi connectivity index (χ2v) is 4.77. The van der Waals surface area contributed by atoms with Gasteiger partial charge in [0, 0.05) is 12.0 Å². The van der Waals surface area contributed by atoms with Crippen LogP contribution in [0.1, 0.15) is 28.4 Å². The first-order valence-electron chi connectivity index (χ1n) is 6.83. The largest absolute Gasteiger partial charge is 0.294 e. The average molecular weight is 277 g/mol. The Bertz CT molecular complexity index is 693. The molecule has 0 N–H and O–H groups in total. The lowest BCUT2D eigenvalue weighted by Crippen LogP contribution is -2.18. The van der Waals surface area contributed by atoms with Crippen molar-refractivity contribution in [2.45, 2.75) is 12.5 Å². The van der Waals surface area contributed by atoms with Crippen LogP contribution in [0.25, 0.3) is 0 Å². The van der Waals surface area contributed by atoms with Crippen LogP contribution in [0.15, 0.2) is 73.1 Å². The molecule has 0 saturated heterocycles. The fourth-order valence-electron chi connectivity index (χ4n) is 2.31. The molecule has 0 aliphatic carbocycles. The summed E-state index contributed by atoms with van der Waals surface area (Å²) >= 11 is 0. The summed E-state index contributed by atoms with van der Waals surface area (Å²) in [6, 6.07) is 19.0. The summed E-state index contributed by atoms with van der Waals surface area (Å²) in [5.74, 6) is 0.0850. The van der Waals surface area contributed by atoms with Gasteiger partial charge >= 0.3 is 0 Å². The van der Waals surface area contributed by atoms with Crippen LogP contribution in [0.4, 0.5) is 0 Å². The molecule has 21 heavy (non-hydrogen) atoms. The summed E-state index contributed by atoms with van der Waals surface area (Å²) in [6.07, 6.45) is 3.59. The van der Waals surface area contributed by atoms with Crippen molar-refractivity contribution in [3.8, 4) is 0 Å². The van der Waals surface area contributed by atoms with E-state index in [0.29, 0.717) is 12.0 Å². The zero-order chi connectivity index (χ0) is 14.5. The molecular weight excluding hydrogens is 262 g/mol. The van der Waals surface area contributed by atoms with E-state index in [1.54, 1.807) is 17.2 Å². The van der Waals surface area contributed by atoms with E-state index in [0.717, 1.165) is 5.56 Å². The molecule has 0 radical (unpaired) electrons. The zero-order valence-corrected chi connectivity index (χ0v) is 11.5. The average Bonchev–Trinajstić information content (AvgIpc) is 3.08. The molecule has 0 bridgehead atoms. The monoisotopic (exact) mass is 277 g/mol. The van der Waals surface area contributed by atoms with E-state index >= 15 is 0 Å². The third kappa shape index (κ3) is 3.05. The molecule has 3 aromatic rings. The molecule has 1 atom stereocenters. The lowest BCUT2D eigenvalue weighted by Gasteiger charge is -2.16. The molecule has 1 unspecified atom stereocenters. The number of Topliss-reactive ketones (excluding diaryl/α,β-unsaturated/α-hetero) is 1. The number of carbonyl (C=O) groups excluding carboxylic acids is 1. The first-order valence-corrected chi connectivity index (χ1v) is 6.83. The normalized spacial score (nSPS) is 12.0. The van der Waals surface area contributed by atoms with E-state index in [1.165, 1.54) is 0 Å². The Morgan fingerprint density at radius 2 is 1.48 bits per heavy atom. The SMILES string of the molecule is O=C(CC(c1ccccc1)n1nccn1)c1ccccc1. The summed E-state index contributed by atoms with van der Waals surface area (Å²) in [5.41, 5.74) is 1.74. The third-order valence-corrected chi connectivity index (χ3v) is 3.37. The fourth-order valence-corrected chi connectivity index (χ4v) is 2.31. The highest BCUT2D eigenvalue weighted by molar-refractivity contribution is 5.96. The van der Waals surface area contributed by atoms with Crippen molar-refractivity contribution in [3.05, 3.63) is 84.2 Å². The predicted molar refractivity (Wildman–Crippen MR) is 80.0 cm³/mol. The Morgan fingerprint density at radius 1 is 0.905 bits per heavy atom. The Morgan fingerprint density at radius 3 is 2.10 bits per heavy atom. The first kappa shape index (κ1) is 13.2. The second-order valence-electron chi connectivity index (χ2n) is 4.77. The highest BCUT2D eigenvalue weighted by Gasteiger charge is 2.20. The van der Waals surface area contributed by atoms with E-state index in [9.17, 15) is 4.79 Å². The molecule has 0 amide bonds. The lowest BCUT2D eigenvalue weighted by atomic mass is 9.98. The van der Waals surface area contributed by atoms with Gasteiger partial charge in [-0.15, -0.1) is 0 Å². The molecule has 3 rings (SSSR count). The number of nitrogens with zero attached hydrogens (tertiary/aromatic N) is 3. The van der Waals surface area contributed by atoms with Gasteiger partial charge in [-0.3, -0.25) is 4.79 Å². The van der Waals surface area contributed by atoms with Crippen LogP contribution >= 0.6 is 0 Å². The Hall–Kier alpha value is -2.75. The van der Waals surface area contributed by atoms with Crippen molar-refractivity contribution < 1.29 is 4.79 Å². The molecule has 0 aliphatic heterocycles. The molecule has 0 saturated carbocycles. The summed E-state index contributed by atoms with van der Waals surface area (Å²) < 4.78 is 0. The maximum atomic E-state index is 12.5. The number of benzene rings is 2. The van der Waals surface area contributed by atoms with Crippen LogP contribution < -0.4 is 0 Å². The Balaban J connectivity index is 1.89.